The maximum atomic E-state index is 14.2. The van der Waals surface area contributed by atoms with Crippen LogP contribution in [0.5, 0.6) is 17.2 Å². The SMILES string of the molecule is CCC(=O)C(CCSSC(C)(C)CCC(=O)N[C@@H](C)C(=O)C[C@H](C)C(=O)Nc1cc(COc2cc3c(cc2C)C(=O)N2c4ccccc4C[C@H]2[C-]=[N+]3C)cc(COc2cc3c(cc2OC)C(=O)N2c4ccccc4C[C@H]2CC3)c1)S(=O)(=O)O. The monoisotopic (exact) mass is 1190 g/mol. The smallest absolute Gasteiger partial charge is 0.275 e. The van der Waals surface area contributed by atoms with Crippen LogP contribution < -0.4 is 34.6 Å². The fourth-order valence-corrected chi connectivity index (χ4v) is 14.9. The number of hydrogen-bond acceptors (Lipinski definition) is 13. The zero-order valence-electron chi connectivity index (χ0n) is 48.0. The summed E-state index contributed by atoms with van der Waals surface area (Å²) in [6, 6.07) is 27.7. The first-order valence-electron chi connectivity index (χ1n) is 28.0. The van der Waals surface area contributed by atoms with Crippen LogP contribution in [0.15, 0.2) is 91.0 Å². The molecule has 1 unspecified atom stereocenters. The molecule has 4 amide bonds. The maximum absolute atomic E-state index is 14.2. The van der Waals surface area contributed by atoms with E-state index in [0.29, 0.717) is 75.9 Å². The van der Waals surface area contributed by atoms with Gasteiger partial charge in [0.1, 0.15) is 31.3 Å². The molecule has 9 rings (SSSR count). The number of fused-ring (bicyclic) bond motifs is 8. The number of nitrogens with one attached hydrogen (secondary N) is 2. The highest BCUT2D eigenvalue weighted by atomic mass is 33.1. The van der Waals surface area contributed by atoms with Gasteiger partial charge in [0.05, 0.1) is 18.8 Å². The minimum absolute atomic E-state index is 0.00576. The third kappa shape index (κ3) is 13.8. The van der Waals surface area contributed by atoms with Gasteiger partial charge in [-0.3, -0.25) is 33.3 Å². The number of aryl methyl sites for hydroxylation is 2. The lowest BCUT2D eigenvalue weighted by molar-refractivity contribution is -0.401. The van der Waals surface area contributed by atoms with E-state index >= 15 is 0 Å². The second kappa shape index (κ2) is 25.5. The number of carbonyl (C=O) groups is 6. The molecule has 4 aliphatic heterocycles. The molecule has 4 aliphatic rings. The first-order chi connectivity index (χ1) is 39.5. The van der Waals surface area contributed by atoms with Crippen molar-refractivity contribution in [3.8, 4) is 17.2 Å². The molecule has 0 aromatic heterocycles. The third-order valence-electron chi connectivity index (χ3n) is 15.8. The van der Waals surface area contributed by atoms with E-state index in [4.69, 9.17) is 14.2 Å². The molecule has 0 radical (unpaired) electrons. The van der Waals surface area contributed by atoms with Crippen LogP contribution in [0.25, 0.3) is 0 Å². The number of rotatable bonds is 24. The number of para-hydroxylation sites is 2. The molecule has 0 bridgehead atoms. The summed E-state index contributed by atoms with van der Waals surface area (Å²) in [5.41, 5.74) is 9.21. The van der Waals surface area contributed by atoms with E-state index < -0.39 is 43.8 Å². The number of Topliss-reactive ketones (excluding diaryl/α,β-unsaturated/α-hetero) is 2. The summed E-state index contributed by atoms with van der Waals surface area (Å²) in [5, 5.41) is 4.31. The second-order valence-corrected chi connectivity index (χ2v) is 27.2. The van der Waals surface area contributed by atoms with E-state index in [1.807, 2.05) is 109 Å². The summed E-state index contributed by atoms with van der Waals surface area (Å²) in [4.78, 5) is 84.9. The molecule has 3 N–H and O–H groups in total. The number of ketones is 2. The van der Waals surface area contributed by atoms with E-state index in [9.17, 15) is 41.7 Å². The summed E-state index contributed by atoms with van der Waals surface area (Å²) in [7, 11) is 1.70. The van der Waals surface area contributed by atoms with E-state index in [0.717, 1.165) is 46.5 Å². The zero-order valence-corrected chi connectivity index (χ0v) is 50.5. The molecule has 17 nitrogen and oxygen atoms in total. The van der Waals surface area contributed by atoms with Crippen molar-refractivity contribution in [3.63, 3.8) is 0 Å². The average Bonchev–Trinajstić information content (AvgIpc) is 2.83. The van der Waals surface area contributed by atoms with Crippen molar-refractivity contribution in [2.45, 2.75) is 141 Å². The fraction of sp³-hybridized carbons (Fsp3) is 0.413. The number of hydrogen-bond donors (Lipinski definition) is 3. The van der Waals surface area contributed by atoms with Gasteiger partial charge < -0.3 is 39.2 Å². The molecule has 0 spiro atoms. The molecule has 83 heavy (non-hydrogen) atoms. The Morgan fingerprint density at radius 1 is 0.831 bits per heavy atom. The highest BCUT2D eigenvalue weighted by Gasteiger charge is 2.39. The second-order valence-electron chi connectivity index (χ2n) is 22.5. The van der Waals surface area contributed by atoms with Crippen LogP contribution in [0.4, 0.5) is 22.7 Å². The van der Waals surface area contributed by atoms with Crippen molar-refractivity contribution in [3.05, 3.63) is 136 Å². The summed E-state index contributed by atoms with van der Waals surface area (Å²) in [6.45, 7) is 10.6. The van der Waals surface area contributed by atoms with Crippen LogP contribution in [0.3, 0.4) is 0 Å². The highest BCUT2D eigenvalue weighted by Crippen LogP contribution is 2.43. The van der Waals surface area contributed by atoms with Crippen molar-refractivity contribution in [2.75, 3.05) is 35.0 Å². The summed E-state index contributed by atoms with van der Waals surface area (Å²) >= 11 is 0. The molecule has 0 saturated carbocycles. The Bertz CT molecular complexity index is 3530. The Morgan fingerprint density at radius 3 is 2.16 bits per heavy atom. The summed E-state index contributed by atoms with van der Waals surface area (Å²) in [5.74, 6) is -0.941. The molecule has 4 heterocycles. The van der Waals surface area contributed by atoms with Gasteiger partial charge in [0.25, 0.3) is 16.0 Å². The standard InChI is InChI=1S/C63H71N5O12S3/c1-9-53(69)58(83(75,76)77)21-23-81-82-63(5,6)22-20-59(71)64-39(4)54(70)25-38(3)60(72)65-45-27-40(35-79-55-33-52-49(24-37(55)2)62(74)68-47(34-66(52)7)30-44-15-11-13-17-51(44)68)26-41(28-45)36-80-57-31-42-18-19-46-29-43-14-10-12-16-50(43)67(46)61(73)48(42)32-56(57)78-8/h10-17,24,26-28,31-33,38-39,46-47,58H,9,18-23,25,29-30,35-36H2,1-8H3,(H,64,71)(H,65,72)(H,75,76,77)/t38-,39-,46+,47-,58?/m0/s1. The average molecular weight is 1190 g/mol. The zero-order chi connectivity index (χ0) is 59.5. The van der Waals surface area contributed by atoms with Crippen LogP contribution in [0.1, 0.15) is 127 Å². The topological polar surface area (TPSA) is 218 Å². The molecule has 438 valence electrons. The van der Waals surface area contributed by atoms with Gasteiger partial charge in [-0.05, 0) is 148 Å². The molecular weight excluding hydrogens is 1110 g/mol. The largest absolute Gasteiger partial charge is 0.493 e. The number of benzene rings is 5. The van der Waals surface area contributed by atoms with E-state index in [1.165, 1.54) is 28.7 Å². The highest BCUT2D eigenvalue weighted by molar-refractivity contribution is 8.77. The predicted octanol–water partition coefficient (Wildman–Crippen LogP) is 10.1. The van der Waals surface area contributed by atoms with E-state index in [1.54, 1.807) is 39.0 Å². The Morgan fingerprint density at radius 2 is 1.48 bits per heavy atom. The van der Waals surface area contributed by atoms with Gasteiger partial charge in [0, 0.05) is 82.2 Å². The van der Waals surface area contributed by atoms with Crippen LogP contribution >= 0.6 is 21.6 Å². The van der Waals surface area contributed by atoms with Gasteiger partial charge in [-0.2, -0.15) is 8.42 Å². The van der Waals surface area contributed by atoms with Crippen molar-refractivity contribution < 1.29 is 60.5 Å². The first kappa shape index (κ1) is 60.6. The predicted molar refractivity (Wildman–Crippen MR) is 324 cm³/mol. The Labute approximate surface area is 493 Å². The summed E-state index contributed by atoms with van der Waals surface area (Å²) < 4.78 is 53.3. The lowest BCUT2D eigenvalue weighted by atomic mass is 9.99. The van der Waals surface area contributed by atoms with Crippen LogP contribution in [-0.4, -0.2) is 107 Å². The van der Waals surface area contributed by atoms with Gasteiger partial charge in [0.2, 0.25) is 17.7 Å². The van der Waals surface area contributed by atoms with Gasteiger partial charge in [0.15, 0.2) is 23.1 Å². The lowest BCUT2D eigenvalue weighted by Gasteiger charge is -2.24. The molecule has 5 aromatic carbocycles. The quantitative estimate of drug-likeness (QED) is 0.0172. The number of anilines is 3. The minimum atomic E-state index is -4.51. The third-order valence-corrected chi connectivity index (χ3v) is 20.4. The lowest BCUT2D eigenvalue weighted by Crippen LogP contribution is -2.40. The van der Waals surface area contributed by atoms with Crippen molar-refractivity contribution in [1.82, 2.24) is 5.32 Å². The molecule has 5 aromatic rings. The van der Waals surface area contributed by atoms with Gasteiger partial charge in [-0.1, -0.05) is 77.9 Å². The maximum Gasteiger partial charge on any atom is 0.275 e. The number of amides is 4. The Kier molecular flexibility index (Phi) is 18.6. The molecule has 0 fully saturated rings. The van der Waals surface area contributed by atoms with Crippen LogP contribution in [0, 0.1) is 12.8 Å². The number of ether oxygens (including phenoxy) is 3. The van der Waals surface area contributed by atoms with Gasteiger partial charge in [-0.25, -0.2) is 0 Å². The van der Waals surface area contributed by atoms with Crippen molar-refractivity contribution in [1.29, 1.82) is 0 Å². The van der Waals surface area contributed by atoms with Crippen molar-refractivity contribution >= 4 is 95.9 Å². The van der Waals surface area contributed by atoms with E-state index in [2.05, 4.69) is 22.9 Å². The minimum Gasteiger partial charge on any atom is -0.493 e. The Balaban J connectivity index is 0.876. The molecule has 5 atom stereocenters. The van der Waals surface area contributed by atoms with Gasteiger partial charge in [-0.15, -0.1) is 0 Å². The Hall–Kier alpha value is -7.00. The number of methoxy groups -OCH3 is 1. The number of nitrogens with zero attached hydrogens (tertiary/aromatic N) is 3. The molecule has 20 heteroatoms. The van der Waals surface area contributed by atoms with Gasteiger partial charge >= 0.3 is 0 Å². The molecule has 0 saturated heterocycles. The van der Waals surface area contributed by atoms with Crippen molar-refractivity contribution in [2.24, 2.45) is 5.92 Å². The summed E-state index contributed by atoms with van der Waals surface area (Å²) in [6.07, 6.45) is 6.72. The normalized spacial score (nSPS) is 17.2. The molecular formula is C63H71N5O12S3. The van der Waals surface area contributed by atoms with E-state index in [-0.39, 0.29) is 74.5 Å². The molecule has 0 aliphatic carbocycles. The van der Waals surface area contributed by atoms with Crippen LogP contribution in [0.2, 0.25) is 0 Å². The fourth-order valence-electron chi connectivity index (χ4n) is 11.2. The van der Waals surface area contributed by atoms with Crippen LogP contribution in [-0.2, 0) is 61.8 Å². The first-order valence-corrected chi connectivity index (χ1v) is 31.8. The number of carbonyl (C=O) groups excluding carboxylic acids is 6.